The van der Waals surface area contributed by atoms with Gasteiger partial charge in [-0.25, -0.2) is 4.79 Å². The fraction of sp³-hybridized carbons (Fsp3) is 0.600. The van der Waals surface area contributed by atoms with Crippen molar-refractivity contribution in [1.29, 1.82) is 0 Å². The molecule has 32 heavy (non-hydrogen) atoms. The normalized spacial score (nSPS) is 12.3. The minimum absolute atomic E-state index is 0.0231. The molecule has 0 aromatic carbocycles. The highest BCUT2D eigenvalue weighted by Crippen LogP contribution is 1.93. The third-order valence-electron chi connectivity index (χ3n) is 2.77. The molecule has 0 bridgehead atoms. The molecule has 186 valence electrons. The van der Waals surface area contributed by atoms with Crippen LogP contribution in [0.4, 0.5) is 0 Å². The standard InChI is InChI=1S/C7H13N3O5.C5H9NO4.C3H7NO3/c8-1-5(11)14-3-4(10)7(13)15-6(12)2-9;6-3(5(9)10)1-2-4(7)8;4-2(1-5)3(6)7/h4H,1-3,8-10H2;3H,1-2,6H2,(H,7,8)(H,9,10);2,5H,1,4H2,(H,6,7)/t4-;3-;2-/m000/s1. The summed E-state index contributed by atoms with van der Waals surface area (Å²) in [5.41, 5.74) is 24.8. The average molecular weight is 471 g/mol. The number of nitrogens with two attached hydrogens (primary N) is 5. The van der Waals surface area contributed by atoms with Gasteiger partial charge in [-0.2, -0.15) is 0 Å². The van der Waals surface area contributed by atoms with E-state index >= 15 is 0 Å². The summed E-state index contributed by atoms with van der Waals surface area (Å²) in [6, 6.07) is -3.41. The third kappa shape index (κ3) is 21.5. The Bertz CT molecular complexity index is 630. The number of aliphatic hydroxyl groups excluding tert-OH is 1. The van der Waals surface area contributed by atoms with E-state index in [0.29, 0.717) is 0 Å². The van der Waals surface area contributed by atoms with Gasteiger partial charge < -0.3 is 58.6 Å². The van der Waals surface area contributed by atoms with Gasteiger partial charge in [0, 0.05) is 6.42 Å². The maximum atomic E-state index is 11.0. The van der Waals surface area contributed by atoms with Crippen LogP contribution in [0, 0.1) is 0 Å². The Kier molecular flexibility index (Phi) is 20.6. The van der Waals surface area contributed by atoms with Crippen LogP contribution < -0.4 is 28.7 Å². The molecule has 0 aliphatic rings. The van der Waals surface area contributed by atoms with E-state index in [1.54, 1.807) is 0 Å². The van der Waals surface area contributed by atoms with Gasteiger partial charge in [-0.15, -0.1) is 0 Å². The highest BCUT2D eigenvalue weighted by Gasteiger charge is 2.19. The van der Waals surface area contributed by atoms with E-state index in [0.717, 1.165) is 0 Å². The van der Waals surface area contributed by atoms with Crippen LogP contribution in [0.3, 0.4) is 0 Å². The largest absolute Gasteiger partial charge is 0.481 e. The van der Waals surface area contributed by atoms with Crippen LogP contribution in [0.1, 0.15) is 12.8 Å². The van der Waals surface area contributed by atoms with Crippen molar-refractivity contribution in [2.24, 2.45) is 28.7 Å². The summed E-state index contributed by atoms with van der Waals surface area (Å²) >= 11 is 0. The highest BCUT2D eigenvalue weighted by atomic mass is 16.6. The van der Waals surface area contributed by atoms with Gasteiger partial charge in [-0.3, -0.25) is 24.0 Å². The van der Waals surface area contributed by atoms with Gasteiger partial charge in [0.1, 0.15) is 24.7 Å². The number of aliphatic hydroxyl groups is 1. The first-order valence-electron chi connectivity index (χ1n) is 8.58. The lowest BCUT2D eigenvalue weighted by molar-refractivity contribution is -0.161. The number of aliphatic carboxylic acids is 3. The van der Waals surface area contributed by atoms with Crippen molar-refractivity contribution >= 4 is 35.8 Å². The van der Waals surface area contributed by atoms with Crippen LogP contribution in [0.25, 0.3) is 0 Å². The molecule has 17 heteroatoms. The molecule has 0 aliphatic heterocycles. The Balaban J connectivity index is -0.000000427. The van der Waals surface area contributed by atoms with E-state index in [9.17, 15) is 28.8 Å². The third-order valence-corrected chi connectivity index (χ3v) is 2.77. The highest BCUT2D eigenvalue weighted by molar-refractivity contribution is 5.89. The van der Waals surface area contributed by atoms with Crippen molar-refractivity contribution in [3.63, 3.8) is 0 Å². The van der Waals surface area contributed by atoms with E-state index in [-0.39, 0.29) is 19.4 Å². The molecule has 0 unspecified atom stereocenters. The zero-order valence-electron chi connectivity index (χ0n) is 16.9. The number of hydrogen-bond acceptors (Lipinski definition) is 14. The van der Waals surface area contributed by atoms with Crippen molar-refractivity contribution in [3.05, 3.63) is 0 Å². The molecule has 0 aromatic heterocycles. The van der Waals surface area contributed by atoms with Gasteiger partial charge in [-0.05, 0) is 6.42 Å². The van der Waals surface area contributed by atoms with Crippen LogP contribution in [-0.2, 0) is 38.2 Å². The second-order valence-corrected chi connectivity index (χ2v) is 5.50. The molecular weight excluding hydrogens is 442 g/mol. The summed E-state index contributed by atoms with van der Waals surface area (Å²) in [4.78, 5) is 61.6. The molecule has 17 nitrogen and oxygen atoms in total. The van der Waals surface area contributed by atoms with E-state index in [1.165, 1.54) is 0 Å². The van der Waals surface area contributed by atoms with Crippen LogP contribution >= 0.6 is 0 Å². The monoisotopic (exact) mass is 471 g/mol. The van der Waals surface area contributed by atoms with Gasteiger partial charge in [0.15, 0.2) is 0 Å². The SMILES string of the molecule is NCC(=O)OC[C@H](N)C(=O)OC(=O)CN.N[C@@H](CCC(=O)O)C(=O)O.N[C@@H](CO)C(=O)O. The zero-order chi connectivity index (χ0) is 25.9. The lowest BCUT2D eigenvalue weighted by atomic mass is 10.2. The number of rotatable bonds is 11. The molecular formula is C15H29N5O12. The summed E-state index contributed by atoms with van der Waals surface area (Å²) in [5.74, 6) is -5.99. The molecule has 0 rings (SSSR count). The first-order chi connectivity index (χ1) is 14.7. The first kappa shape index (κ1) is 33.4. The zero-order valence-corrected chi connectivity index (χ0v) is 16.9. The second-order valence-electron chi connectivity index (χ2n) is 5.50. The van der Waals surface area contributed by atoms with Crippen LogP contribution in [0.15, 0.2) is 0 Å². The quantitative estimate of drug-likeness (QED) is 0.100. The molecule has 0 radical (unpaired) electrons. The summed E-state index contributed by atoms with van der Waals surface area (Å²) in [6.45, 7) is -1.65. The maximum absolute atomic E-state index is 11.0. The van der Waals surface area contributed by atoms with Crippen molar-refractivity contribution in [1.82, 2.24) is 0 Å². The number of carbonyl (C=O) groups excluding carboxylic acids is 3. The number of hydrogen-bond donors (Lipinski definition) is 9. The number of carbonyl (C=O) groups is 6. The lowest BCUT2D eigenvalue weighted by Gasteiger charge is -2.09. The smallest absolute Gasteiger partial charge is 0.334 e. The molecule has 0 amide bonds. The Morgan fingerprint density at radius 1 is 0.750 bits per heavy atom. The van der Waals surface area contributed by atoms with E-state index in [2.05, 4.69) is 9.47 Å². The predicted molar refractivity (Wildman–Crippen MR) is 103 cm³/mol. The fourth-order valence-electron chi connectivity index (χ4n) is 1.02. The van der Waals surface area contributed by atoms with Gasteiger partial charge in [0.2, 0.25) is 0 Å². The Morgan fingerprint density at radius 3 is 1.53 bits per heavy atom. The number of ether oxygens (including phenoxy) is 2. The summed E-state index contributed by atoms with van der Waals surface area (Å²) in [7, 11) is 0. The molecule has 14 N–H and O–H groups in total. The minimum Gasteiger partial charge on any atom is -0.481 e. The number of carboxylic acids is 3. The molecule has 0 heterocycles. The van der Waals surface area contributed by atoms with Crippen molar-refractivity contribution in [2.75, 3.05) is 26.3 Å². The van der Waals surface area contributed by atoms with Gasteiger partial charge in [0.05, 0.1) is 19.7 Å². The molecule has 0 fully saturated rings. The van der Waals surface area contributed by atoms with Gasteiger partial charge >= 0.3 is 35.8 Å². The number of carboxylic acid groups (broad SMARTS) is 3. The Hall–Kier alpha value is -3.22. The lowest BCUT2D eigenvalue weighted by Crippen LogP contribution is -2.40. The van der Waals surface area contributed by atoms with Crippen molar-refractivity contribution in [3.8, 4) is 0 Å². The van der Waals surface area contributed by atoms with E-state index < -0.39 is 73.7 Å². The van der Waals surface area contributed by atoms with Crippen molar-refractivity contribution in [2.45, 2.75) is 31.0 Å². The van der Waals surface area contributed by atoms with Crippen molar-refractivity contribution < 1.29 is 58.7 Å². The molecule has 0 aliphatic carbocycles. The second kappa shape index (κ2) is 19.7. The van der Waals surface area contributed by atoms with Crippen LogP contribution in [0.2, 0.25) is 0 Å². The fourth-order valence-corrected chi connectivity index (χ4v) is 1.02. The summed E-state index contributed by atoms with van der Waals surface area (Å²) < 4.78 is 8.63. The van der Waals surface area contributed by atoms with Crippen LogP contribution in [0.5, 0.6) is 0 Å². The van der Waals surface area contributed by atoms with E-state index in [4.69, 9.17) is 49.1 Å². The molecule has 0 spiro atoms. The topological polar surface area (TPSA) is 332 Å². The Labute approximate surface area is 181 Å². The predicted octanol–water partition coefficient (Wildman–Crippen LogP) is -5.50. The first-order valence-corrected chi connectivity index (χ1v) is 8.58. The number of esters is 3. The minimum atomic E-state index is -1.23. The molecule has 0 aromatic rings. The average Bonchev–Trinajstić information content (AvgIpc) is 2.74. The Morgan fingerprint density at radius 2 is 1.22 bits per heavy atom. The molecule has 3 atom stereocenters. The molecule has 0 saturated heterocycles. The summed E-state index contributed by atoms with van der Waals surface area (Å²) in [5, 5.41) is 32.2. The van der Waals surface area contributed by atoms with Crippen LogP contribution in [-0.4, -0.2) is 101 Å². The maximum Gasteiger partial charge on any atom is 0.334 e. The van der Waals surface area contributed by atoms with E-state index in [1.807, 2.05) is 0 Å². The summed E-state index contributed by atoms with van der Waals surface area (Å²) in [6.07, 6.45) is -0.224. The molecule has 0 saturated carbocycles. The van der Waals surface area contributed by atoms with Gasteiger partial charge in [0.25, 0.3) is 0 Å². The van der Waals surface area contributed by atoms with Gasteiger partial charge in [-0.1, -0.05) is 0 Å².